The molecule has 1 atom stereocenters. The van der Waals surface area contributed by atoms with Gasteiger partial charge in [0.1, 0.15) is 5.54 Å². The molecule has 2 aliphatic heterocycles. The van der Waals surface area contributed by atoms with Crippen molar-refractivity contribution in [2.45, 2.75) is 57.7 Å². The number of amides is 3. The van der Waals surface area contributed by atoms with E-state index in [0.29, 0.717) is 48.1 Å². The van der Waals surface area contributed by atoms with Gasteiger partial charge in [0.15, 0.2) is 0 Å². The zero-order chi connectivity index (χ0) is 26.0. The number of fused-ring (bicyclic) bond motifs is 1. The van der Waals surface area contributed by atoms with Crippen LogP contribution in [-0.4, -0.2) is 59.2 Å². The summed E-state index contributed by atoms with van der Waals surface area (Å²) in [6, 6.07) is 12.7. The van der Waals surface area contributed by atoms with E-state index in [9.17, 15) is 14.4 Å². The molecule has 36 heavy (non-hydrogen) atoms. The second kappa shape index (κ2) is 10.8. The largest absolute Gasteiger partial charge is 0.352 e. The van der Waals surface area contributed by atoms with Gasteiger partial charge in [-0.25, -0.2) is 0 Å². The Balaban J connectivity index is 1.64. The highest BCUT2D eigenvalue weighted by Crippen LogP contribution is 2.45. The topological polar surface area (TPSA) is 81.8 Å². The molecule has 9 heteroatoms. The fraction of sp³-hybridized carbons (Fsp3) is 0.444. The summed E-state index contributed by atoms with van der Waals surface area (Å²) in [5.74, 6) is -0.290. The molecule has 3 amide bonds. The number of hydrogen-bond acceptors (Lipinski definition) is 4. The van der Waals surface area contributed by atoms with Gasteiger partial charge in [0.25, 0.3) is 0 Å². The standard InChI is InChI=1S/C27H32Cl2N4O3/c1-17(2)33(16-25(35)30-22-9-11-32(12-10-22)18(3)34)27(15-19-5-4-6-20(28)13-19)23-8-7-21(29)14-24(23)31-26(27)36/h4-8,13-14,17,22H,9-12,15-16H2,1-3H3,(H,30,35)(H,31,36). The molecule has 1 saturated heterocycles. The third-order valence-electron chi connectivity index (χ3n) is 7.13. The van der Waals surface area contributed by atoms with Crippen molar-refractivity contribution in [1.29, 1.82) is 0 Å². The first-order valence-electron chi connectivity index (χ1n) is 12.3. The Morgan fingerprint density at radius 3 is 2.47 bits per heavy atom. The number of anilines is 1. The first-order valence-corrected chi connectivity index (χ1v) is 13.0. The van der Waals surface area contributed by atoms with Crippen LogP contribution in [0.4, 0.5) is 5.69 Å². The van der Waals surface area contributed by atoms with Gasteiger partial charge in [-0.05, 0) is 56.5 Å². The van der Waals surface area contributed by atoms with Crippen LogP contribution in [0.25, 0.3) is 0 Å². The number of nitrogens with zero attached hydrogens (tertiary/aromatic N) is 2. The van der Waals surface area contributed by atoms with Gasteiger partial charge in [0, 0.05) is 59.8 Å². The zero-order valence-electron chi connectivity index (χ0n) is 20.8. The maximum absolute atomic E-state index is 13.8. The molecular formula is C27H32Cl2N4O3. The van der Waals surface area contributed by atoms with Crippen LogP contribution in [0.1, 0.15) is 44.7 Å². The quantitative estimate of drug-likeness (QED) is 0.561. The summed E-state index contributed by atoms with van der Waals surface area (Å²) in [6.07, 6.45) is 1.77. The van der Waals surface area contributed by atoms with Gasteiger partial charge < -0.3 is 15.5 Å². The molecule has 2 aromatic carbocycles. The average molecular weight is 531 g/mol. The minimum atomic E-state index is -1.12. The summed E-state index contributed by atoms with van der Waals surface area (Å²) >= 11 is 12.5. The summed E-state index contributed by atoms with van der Waals surface area (Å²) in [7, 11) is 0. The van der Waals surface area contributed by atoms with E-state index < -0.39 is 5.54 Å². The van der Waals surface area contributed by atoms with Crippen LogP contribution in [0, 0.1) is 0 Å². The maximum Gasteiger partial charge on any atom is 0.249 e. The van der Waals surface area contributed by atoms with Crippen LogP contribution in [0.5, 0.6) is 0 Å². The van der Waals surface area contributed by atoms with E-state index in [4.69, 9.17) is 23.2 Å². The van der Waals surface area contributed by atoms with E-state index in [1.54, 1.807) is 30.0 Å². The van der Waals surface area contributed by atoms with Crippen molar-refractivity contribution in [1.82, 2.24) is 15.1 Å². The summed E-state index contributed by atoms with van der Waals surface area (Å²) in [6.45, 7) is 6.84. The lowest BCUT2D eigenvalue weighted by Crippen LogP contribution is -2.58. The molecule has 1 unspecified atom stereocenters. The van der Waals surface area contributed by atoms with Gasteiger partial charge in [0.2, 0.25) is 17.7 Å². The highest BCUT2D eigenvalue weighted by atomic mass is 35.5. The second-order valence-electron chi connectivity index (χ2n) is 9.88. The van der Waals surface area contributed by atoms with Gasteiger partial charge in [-0.2, -0.15) is 0 Å². The fourth-order valence-electron chi connectivity index (χ4n) is 5.36. The zero-order valence-corrected chi connectivity index (χ0v) is 22.3. The molecular weight excluding hydrogens is 499 g/mol. The molecule has 0 aliphatic carbocycles. The number of benzene rings is 2. The van der Waals surface area contributed by atoms with Crippen molar-refractivity contribution in [2.24, 2.45) is 0 Å². The molecule has 7 nitrogen and oxygen atoms in total. The number of carbonyl (C=O) groups excluding carboxylic acids is 3. The first-order chi connectivity index (χ1) is 17.1. The number of hydrogen-bond donors (Lipinski definition) is 2. The number of likely N-dealkylation sites (tertiary alicyclic amines) is 1. The molecule has 0 saturated carbocycles. The minimum Gasteiger partial charge on any atom is -0.352 e. The Morgan fingerprint density at radius 2 is 1.83 bits per heavy atom. The van der Waals surface area contributed by atoms with Crippen LogP contribution in [0.3, 0.4) is 0 Å². The van der Waals surface area contributed by atoms with Crippen LogP contribution in [0.15, 0.2) is 42.5 Å². The van der Waals surface area contributed by atoms with Crippen LogP contribution >= 0.6 is 23.2 Å². The molecule has 2 N–H and O–H groups in total. The molecule has 1 fully saturated rings. The lowest BCUT2D eigenvalue weighted by Gasteiger charge is -2.42. The van der Waals surface area contributed by atoms with Crippen LogP contribution in [0.2, 0.25) is 10.0 Å². The molecule has 0 radical (unpaired) electrons. The Labute approximate surface area is 222 Å². The van der Waals surface area contributed by atoms with Crippen molar-refractivity contribution >= 4 is 46.6 Å². The molecule has 2 aliphatic rings. The Morgan fingerprint density at radius 1 is 1.14 bits per heavy atom. The monoisotopic (exact) mass is 530 g/mol. The number of rotatable bonds is 7. The molecule has 0 spiro atoms. The lowest BCUT2D eigenvalue weighted by atomic mass is 9.82. The third-order valence-corrected chi connectivity index (χ3v) is 7.60. The highest BCUT2D eigenvalue weighted by molar-refractivity contribution is 6.31. The Hall–Kier alpha value is -2.61. The van der Waals surface area contributed by atoms with Gasteiger partial charge in [-0.15, -0.1) is 0 Å². The Kier molecular flexibility index (Phi) is 7.93. The smallest absolute Gasteiger partial charge is 0.249 e. The predicted molar refractivity (Wildman–Crippen MR) is 142 cm³/mol. The number of halogens is 2. The van der Waals surface area contributed by atoms with Gasteiger partial charge in [-0.3, -0.25) is 19.3 Å². The number of piperidine rings is 1. The predicted octanol–water partition coefficient (Wildman–Crippen LogP) is 4.22. The maximum atomic E-state index is 13.8. The molecule has 2 aromatic rings. The van der Waals surface area contributed by atoms with E-state index in [-0.39, 0.29) is 36.3 Å². The number of nitrogens with one attached hydrogen (secondary N) is 2. The van der Waals surface area contributed by atoms with Crippen LogP contribution in [-0.2, 0) is 26.3 Å². The van der Waals surface area contributed by atoms with Gasteiger partial charge >= 0.3 is 0 Å². The van der Waals surface area contributed by atoms with Crippen molar-refractivity contribution in [3.05, 3.63) is 63.6 Å². The fourth-order valence-corrected chi connectivity index (χ4v) is 5.74. The summed E-state index contributed by atoms with van der Waals surface area (Å²) < 4.78 is 0. The van der Waals surface area contributed by atoms with E-state index in [0.717, 1.165) is 11.1 Å². The number of carbonyl (C=O) groups is 3. The van der Waals surface area contributed by atoms with E-state index in [1.807, 2.05) is 43.0 Å². The lowest BCUT2D eigenvalue weighted by molar-refractivity contribution is -0.134. The SMILES string of the molecule is CC(=O)N1CCC(NC(=O)CN(C(C)C)C2(Cc3cccc(Cl)c3)C(=O)Nc3cc(Cl)ccc32)CC1. The highest BCUT2D eigenvalue weighted by Gasteiger charge is 2.52. The van der Waals surface area contributed by atoms with E-state index in [1.165, 1.54) is 0 Å². The molecule has 0 aromatic heterocycles. The molecule has 0 bridgehead atoms. The van der Waals surface area contributed by atoms with Crippen molar-refractivity contribution in [3.8, 4) is 0 Å². The van der Waals surface area contributed by atoms with Crippen molar-refractivity contribution < 1.29 is 14.4 Å². The molecule has 4 rings (SSSR count). The Bertz CT molecular complexity index is 1160. The van der Waals surface area contributed by atoms with Gasteiger partial charge in [0.05, 0.1) is 6.54 Å². The van der Waals surface area contributed by atoms with Gasteiger partial charge in [-0.1, -0.05) is 41.4 Å². The van der Waals surface area contributed by atoms with Crippen molar-refractivity contribution in [3.63, 3.8) is 0 Å². The first kappa shape index (κ1) is 26.5. The van der Waals surface area contributed by atoms with E-state index in [2.05, 4.69) is 10.6 Å². The summed E-state index contributed by atoms with van der Waals surface area (Å²) in [4.78, 5) is 42.5. The second-order valence-corrected chi connectivity index (χ2v) is 10.8. The van der Waals surface area contributed by atoms with Crippen LogP contribution < -0.4 is 10.6 Å². The average Bonchev–Trinajstić information content (AvgIpc) is 3.08. The summed E-state index contributed by atoms with van der Waals surface area (Å²) in [5.41, 5.74) is 1.21. The van der Waals surface area contributed by atoms with E-state index >= 15 is 0 Å². The minimum absolute atomic E-state index is 0.00510. The normalized spacial score (nSPS) is 20.0. The summed E-state index contributed by atoms with van der Waals surface area (Å²) in [5, 5.41) is 7.25. The van der Waals surface area contributed by atoms with Crippen molar-refractivity contribution in [2.75, 3.05) is 25.0 Å². The molecule has 192 valence electrons. The molecule has 2 heterocycles. The third kappa shape index (κ3) is 5.38.